The van der Waals surface area contributed by atoms with Crippen LogP contribution in [0.25, 0.3) is 39.6 Å². The van der Waals surface area contributed by atoms with Crippen molar-refractivity contribution in [2.24, 2.45) is 0 Å². The van der Waals surface area contributed by atoms with Gasteiger partial charge in [-0.1, -0.05) is 47.5 Å². The highest BCUT2D eigenvalue weighted by Gasteiger charge is 2.23. The van der Waals surface area contributed by atoms with Gasteiger partial charge in [0.2, 0.25) is 0 Å². The van der Waals surface area contributed by atoms with E-state index in [4.69, 9.17) is 32.9 Å². The van der Waals surface area contributed by atoms with Crippen LogP contribution in [-0.2, 0) is 0 Å². The van der Waals surface area contributed by atoms with Crippen molar-refractivity contribution < 1.29 is 14.6 Å². The summed E-state index contributed by atoms with van der Waals surface area (Å²) in [5, 5.41) is 10.7. The molecule has 0 aliphatic rings. The normalized spacial score (nSPS) is 10.9. The smallest absolute Gasteiger partial charge is 0.335 e. The Balaban J connectivity index is 1.83. The van der Waals surface area contributed by atoms with Crippen molar-refractivity contribution in [1.29, 1.82) is 0 Å². The zero-order valence-corrected chi connectivity index (χ0v) is 20.7. The van der Waals surface area contributed by atoms with E-state index in [0.717, 1.165) is 39.5 Å². The quantitative estimate of drug-likeness (QED) is 0.250. The van der Waals surface area contributed by atoms with Crippen LogP contribution in [0.5, 0.6) is 5.75 Å². The molecule has 4 aromatic carbocycles. The highest BCUT2D eigenvalue weighted by Crippen LogP contribution is 2.39. The van der Waals surface area contributed by atoms with Gasteiger partial charge < -0.3 is 9.84 Å². The van der Waals surface area contributed by atoms with E-state index in [0.29, 0.717) is 15.9 Å². The molecule has 5 nitrogen and oxygen atoms in total. The van der Waals surface area contributed by atoms with Crippen molar-refractivity contribution in [3.05, 3.63) is 113 Å². The lowest BCUT2D eigenvalue weighted by molar-refractivity contribution is 0.0697. The van der Waals surface area contributed by atoms with Crippen LogP contribution in [0.3, 0.4) is 0 Å². The molecule has 5 aromatic rings. The Hall–Kier alpha value is -4.06. The van der Waals surface area contributed by atoms with E-state index in [1.165, 1.54) is 0 Å². The molecule has 0 bridgehead atoms. The highest BCUT2D eigenvalue weighted by atomic mass is 35.5. The number of imidazole rings is 1. The Bertz CT molecular complexity index is 1520. The molecular formula is C29H20Cl2N2O3. The average Bonchev–Trinajstić information content (AvgIpc) is 3.30. The van der Waals surface area contributed by atoms with Gasteiger partial charge in [-0.25, -0.2) is 9.78 Å². The van der Waals surface area contributed by atoms with E-state index in [2.05, 4.69) is 0 Å². The number of ether oxygens (including phenoxy) is 1. The van der Waals surface area contributed by atoms with Gasteiger partial charge in [0, 0.05) is 32.4 Å². The molecule has 0 saturated heterocycles. The van der Waals surface area contributed by atoms with Gasteiger partial charge in [0.1, 0.15) is 11.6 Å². The Morgan fingerprint density at radius 1 is 0.750 bits per heavy atom. The summed E-state index contributed by atoms with van der Waals surface area (Å²) < 4.78 is 7.37. The maximum Gasteiger partial charge on any atom is 0.335 e. The largest absolute Gasteiger partial charge is 0.497 e. The third-order valence-electron chi connectivity index (χ3n) is 5.83. The van der Waals surface area contributed by atoms with E-state index < -0.39 is 5.97 Å². The molecule has 0 fully saturated rings. The molecular weight excluding hydrogens is 495 g/mol. The molecule has 0 amide bonds. The van der Waals surface area contributed by atoms with Crippen molar-refractivity contribution in [2.75, 3.05) is 7.11 Å². The lowest BCUT2D eigenvalue weighted by Crippen LogP contribution is -2.02. The number of benzene rings is 4. The summed E-state index contributed by atoms with van der Waals surface area (Å²) in [6.45, 7) is 0. The molecule has 5 rings (SSSR count). The number of aromatic nitrogens is 2. The van der Waals surface area contributed by atoms with E-state index in [9.17, 15) is 9.90 Å². The predicted molar refractivity (Wildman–Crippen MR) is 143 cm³/mol. The fourth-order valence-corrected chi connectivity index (χ4v) is 4.29. The SMILES string of the molecule is COc1ccc(-c2nc(-c3ccc(Cl)cc3)c(-c3ccc(Cl)cc3)n2-c2ccc(C(=O)O)cc2)cc1. The number of aromatic carboxylic acids is 1. The fraction of sp³-hybridized carbons (Fsp3) is 0.0345. The second kappa shape index (κ2) is 9.90. The van der Waals surface area contributed by atoms with Gasteiger partial charge in [-0.2, -0.15) is 0 Å². The van der Waals surface area contributed by atoms with Gasteiger partial charge in [-0.05, 0) is 72.8 Å². The topological polar surface area (TPSA) is 64.4 Å². The minimum absolute atomic E-state index is 0.204. The first-order valence-electron chi connectivity index (χ1n) is 11.1. The number of hydrogen-bond donors (Lipinski definition) is 1. The zero-order valence-electron chi connectivity index (χ0n) is 19.2. The van der Waals surface area contributed by atoms with Crippen LogP contribution >= 0.6 is 23.2 Å². The first kappa shape index (κ1) is 23.7. The summed E-state index contributed by atoms with van der Waals surface area (Å²) in [6.07, 6.45) is 0. The van der Waals surface area contributed by atoms with Crippen LogP contribution in [0.2, 0.25) is 10.0 Å². The van der Waals surface area contributed by atoms with Gasteiger partial charge in [-0.3, -0.25) is 4.57 Å². The van der Waals surface area contributed by atoms with Crippen LogP contribution in [0.15, 0.2) is 97.1 Å². The lowest BCUT2D eigenvalue weighted by atomic mass is 10.0. The van der Waals surface area contributed by atoms with Gasteiger partial charge in [0.05, 0.1) is 24.1 Å². The molecule has 0 atom stereocenters. The molecule has 1 heterocycles. The minimum atomic E-state index is -0.984. The minimum Gasteiger partial charge on any atom is -0.497 e. The third kappa shape index (κ3) is 4.59. The molecule has 0 aliphatic carbocycles. The monoisotopic (exact) mass is 514 g/mol. The van der Waals surface area contributed by atoms with E-state index in [1.54, 1.807) is 31.4 Å². The summed E-state index contributed by atoms with van der Waals surface area (Å²) in [5.74, 6) is 0.441. The summed E-state index contributed by atoms with van der Waals surface area (Å²) in [7, 11) is 1.62. The van der Waals surface area contributed by atoms with Crippen molar-refractivity contribution in [2.45, 2.75) is 0 Å². The molecule has 36 heavy (non-hydrogen) atoms. The predicted octanol–water partition coefficient (Wildman–Crippen LogP) is 7.89. The average molecular weight is 515 g/mol. The Labute approximate surface area is 218 Å². The second-order valence-electron chi connectivity index (χ2n) is 8.06. The molecule has 1 N–H and O–H groups in total. The molecule has 7 heteroatoms. The third-order valence-corrected chi connectivity index (χ3v) is 6.34. The maximum atomic E-state index is 11.5. The van der Waals surface area contributed by atoms with Crippen LogP contribution in [0.1, 0.15) is 10.4 Å². The summed E-state index contributed by atoms with van der Waals surface area (Å²) in [4.78, 5) is 16.6. The Morgan fingerprint density at radius 3 is 1.81 bits per heavy atom. The standard InChI is InChI=1S/C29H20Cl2N2O3/c1-36-25-16-8-20(9-17-25)28-32-26(18-2-10-22(30)11-3-18)27(19-4-12-23(31)13-5-19)33(28)24-14-6-21(7-15-24)29(34)35/h2-17H,1H3,(H,34,35). The fourth-order valence-electron chi connectivity index (χ4n) is 4.04. The number of carbonyl (C=O) groups is 1. The number of carboxylic acid groups (broad SMARTS) is 1. The molecule has 0 saturated carbocycles. The first-order valence-corrected chi connectivity index (χ1v) is 11.8. The van der Waals surface area contributed by atoms with Gasteiger partial charge in [0.25, 0.3) is 0 Å². The Morgan fingerprint density at radius 2 is 1.28 bits per heavy atom. The van der Waals surface area contributed by atoms with E-state index >= 15 is 0 Å². The van der Waals surface area contributed by atoms with Crippen molar-refractivity contribution in [3.8, 4) is 45.3 Å². The number of rotatable bonds is 6. The lowest BCUT2D eigenvalue weighted by Gasteiger charge is -2.14. The van der Waals surface area contributed by atoms with Gasteiger partial charge in [0.15, 0.2) is 0 Å². The molecule has 0 unspecified atom stereocenters. The molecule has 178 valence electrons. The van der Waals surface area contributed by atoms with Crippen LogP contribution in [-0.4, -0.2) is 27.7 Å². The number of nitrogens with zero attached hydrogens (tertiary/aromatic N) is 2. The van der Waals surface area contributed by atoms with E-state index in [-0.39, 0.29) is 5.56 Å². The number of carboxylic acids is 1. The molecule has 1 aromatic heterocycles. The van der Waals surface area contributed by atoms with E-state index in [1.807, 2.05) is 77.4 Å². The summed E-state index contributed by atoms with van der Waals surface area (Å²) in [5.41, 5.74) is 5.22. The first-order chi connectivity index (χ1) is 17.4. The number of hydrogen-bond acceptors (Lipinski definition) is 3. The number of halogens is 2. The maximum absolute atomic E-state index is 11.5. The van der Waals surface area contributed by atoms with Crippen molar-refractivity contribution in [3.63, 3.8) is 0 Å². The second-order valence-corrected chi connectivity index (χ2v) is 8.94. The number of methoxy groups -OCH3 is 1. The van der Waals surface area contributed by atoms with Crippen molar-refractivity contribution >= 4 is 29.2 Å². The molecule has 0 radical (unpaired) electrons. The highest BCUT2D eigenvalue weighted by molar-refractivity contribution is 6.31. The van der Waals surface area contributed by atoms with Crippen LogP contribution in [0, 0.1) is 0 Å². The van der Waals surface area contributed by atoms with Crippen LogP contribution in [0.4, 0.5) is 0 Å². The van der Waals surface area contributed by atoms with Crippen molar-refractivity contribution in [1.82, 2.24) is 9.55 Å². The molecule has 0 aliphatic heterocycles. The van der Waals surface area contributed by atoms with Gasteiger partial charge in [-0.15, -0.1) is 0 Å². The molecule has 0 spiro atoms. The summed E-state index contributed by atoms with van der Waals surface area (Å²) >= 11 is 12.4. The summed E-state index contributed by atoms with van der Waals surface area (Å²) in [6, 6.07) is 29.5. The zero-order chi connectivity index (χ0) is 25.2. The Kier molecular flexibility index (Phi) is 6.51. The van der Waals surface area contributed by atoms with Gasteiger partial charge >= 0.3 is 5.97 Å². The van der Waals surface area contributed by atoms with Crippen LogP contribution < -0.4 is 4.74 Å².